The van der Waals surface area contributed by atoms with Gasteiger partial charge in [0.2, 0.25) is 5.91 Å². The van der Waals surface area contributed by atoms with E-state index in [-0.39, 0.29) is 5.91 Å². The SMILES string of the molecule is N#Cc1ccc(N2C3CCC2CN(C(=O)CN2CCC2)C3)nc1. The van der Waals surface area contributed by atoms with Crippen LogP contribution in [0.5, 0.6) is 0 Å². The van der Waals surface area contributed by atoms with E-state index in [0.29, 0.717) is 24.2 Å². The first kappa shape index (κ1) is 14.5. The third-order valence-corrected chi connectivity index (χ3v) is 5.28. The number of aromatic nitrogens is 1. The van der Waals surface area contributed by atoms with E-state index in [1.807, 2.05) is 17.0 Å². The van der Waals surface area contributed by atoms with Crippen LogP contribution in [0.4, 0.5) is 5.82 Å². The molecule has 2 bridgehead atoms. The Balaban J connectivity index is 1.45. The number of nitriles is 1. The summed E-state index contributed by atoms with van der Waals surface area (Å²) in [5, 5.41) is 8.90. The Bertz CT molecular complexity index is 619. The van der Waals surface area contributed by atoms with E-state index >= 15 is 0 Å². The van der Waals surface area contributed by atoms with Crippen LogP contribution in [0.25, 0.3) is 0 Å². The van der Waals surface area contributed by atoms with Crippen LogP contribution in [0.1, 0.15) is 24.8 Å². The molecule has 1 aromatic heterocycles. The van der Waals surface area contributed by atoms with Crippen LogP contribution in [0.3, 0.4) is 0 Å². The molecule has 2 atom stereocenters. The molecule has 6 heteroatoms. The predicted octanol–water partition coefficient (Wildman–Crippen LogP) is 0.839. The molecule has 3 saturated heterocycles. The second-order valence-electron chi connectivity index (χ2n) is 6.74. The molecular weight excluding hydrogens is 290 g/mol. The van der Waals surface area contributed by atoms with Crippen molar-refractivity contribution in [3.63, 3.8) is 0 Å². The molecule has 4 rings (SSSR count). The maximum atomic E-state index is 12.5. The van der Waals surface area contributed by atoms with Crippen LogP contribution >= 0.6 is 0 Å². The van der Waals surface area contributed by atoms with Gasteiger partial charge in [0.15, 0.2) is 0 Å². The van der Waals surface area contributed by atoms with Crippen molar-refractivity contribution in [3.05, 3.63) is 23.9 Å². The van der Waals surface area contributed by atoms with Crippen LogP contribution < -0.4 is 4.90 Å². The number of rotatable bonds is 3. The number of carbonyl (C=O) groups is 1. The van der Waals surface area contributed by atoms with Crippen LogP contribution in [0, 0.1) is 11.3 Å². The highest BCUT2D eigenvalue weighted by Gasteiger charge is 2.42. The number of fused-ring (bicyclic) bond motifs is 2. The summed E-state index contributed by atoms with van der Waals surface area (Å²) in [6.07, 6.45) is 5.08. The summed E-state index contributed by atoms with van der Waals surface area (Å²) in [5.74, 6) is 1.21. The summed E-state index contributed by atoms with van der Waals surface area (Å²) in [6, 6.07) is 6.57. The first-order chi connectivity index (χ1) is 11.2. The Morgan fingerprint density at radius 2 is 2.00 bits per heavy atom. The molecule has 0 radical (unpaired) electrons. The number of pyridine rings is 1. The number of amides is 1. The summed E-state index contributed by atoms with van der Waals surface area (Å²) in [7, 11) is 0. The smallest absolute Gasteiger partial charge is 0.236 e. The number of piperazine rings is 1. The summed E-state index contributed by atoms with van der Waals surface area (Å²) >= 11 is 0. The molecule has 1 amide bonds. The van der Waals surface area contributed by atoms with Gasteiger partial charge in [-0.1, -0.05) is 0 Å². The second-order valence-corrected chi connectivity index (χ2v) is 6.74. The van der Waals surface area contributed by atoms with E-state index in [0.717, 1.165) is 44.8 Å². The molecule has 0 N–H and O–H groups in total. The van der Waals surface area contributed by atoms with E-state index in [9.17, 15) is 4.79 Å². The van der Waals surface area contributed by atoms with Crippen molar-refractivity contribution >= 4 is 11.7 Å². The number of carbonyl (C=O) groups excluding carboxylic acids is 1. The zero-order chi connectivity index (χ0) is 15.8. The van der Waals surface area contributed by atoms with Crippen LogP contribution in [-0.4, -0.2) is 65.5 Å². The Kier molecular flexibility index (Phi) is 3.66. The van der Waals surface area contributed by atoms with Gasteiger partial charge >= 0.3 is 0 Å². The van der Waals surface area contributed by atoms with Crippen LogP contribution in [0.15, 0.2) is 18.3 Å². The van der Waals surface area contributed by atoms with Gasteiger partial charge in [0.1, 0.15) is 11.9 Å². The maximum Gasteiger partial charge on any atom is 0.236 e. The fourth-order valence-corrected chi connectivity index (χ4v) is 3.92. The lowest BCUT2D eigenvalue weighted by molar-refractivity contribution is -0.134. The number of likely N-dealkylation sites (tertiary alicyclic amines) is 2. The highest BCUT2D eigenvalue weighted by atomic mass is 16.2. The normalized spacial score (nSPS) is 26.7. The maximum absolute atomic E-state index is 12.5. The first-order valence-corrected chi connectivity index (χ1v) is 8.39. The summed E-state index contributed by atoms with van der Waals surface area (Å²) in [6.45, 7) is 4.30. The lowest BCUT2D eigenvalue weighted by Crippen LogP contribution is -2.57. The highest BCUT2D eigenvalue weighted by Crippen LogP contribution is 2.34. The number of hydrogen-bond donors (Lipinski definition) is 0. The minimum absolute atomic E-state index is 0.272. The quantitative estimate of drug-likeness (QED) is 0.828. The van der Waals surface area contributed by atoms with Crippen molar-refractivity contribution in [2.75, 3.05) is 37.6 Å². The molecule has 4 heterocycles. The van der Waals surface area contributed by atoms with Crippen LogP contribution in [0.2, 0.25) is 0 Å². The molecule has 3 aliphatic heterocycles. The first-order valence-electron chi connectivity index (χ1n) is 8.39. The summed E-state index contributed by atoms with van der Waals surface area (Å²) < 4.78 is 0. The van der Waals surface area contributed by atoms with Gasteiger partial charge in [-0.25, -0.2) is 4.98 Å². The predicted molar refractivity (Wildman–Crippen MR) is 85.9 cm³/mol. The molecule has 120 valence electrons. The van der Waals surface area contributed by atoms with Gasteiger partial charge in [-0.3, -0.25) is 9.69 Å². The van der Waals surface area contributed by atoms with E-state index < -0.39 is 0 Å². The van der Waals surface area contributed by atoms with Gasteiger partial charge in [-0.05, 0) is 44.5 Å². The molecule has 1 aromatic rings. The fraction of sp³-hybridized carbons (Fsp3) is 0.588. The van der Waals surface area contributed by atoms with Crippen molar-refractivity contribution in [2.45, 2.75) is 31.3 Å². The van der Waals surface area contributed by atoms with Crippen molar-refractivity contribution in [1.82, 2.24) is 14.8 Å². The molecule has 0 saturated carbocycles. The molecule has 0 aliphatic carbocycles. The van der Waals surface area contributed by atoms with Crippen molar-refractivity contribution in [2.24, 2.45) is 0 Å². The molecule has 3 fully saturated rings. The number of hydrogen-bond acceptors (Lipinski definition) is 5. The second kappa shape index (κ2) is 5.82. The van der Waals surface area contributed by atoms with Gasteiger partial charge in [0, 0.05) is 31.4 Å². The highest BCUT2D eigenvalue weighted by molar-refractivity contribution is 5.79. The number of nitrogens with zero attached hydrogens (tertiary/aromatic N) is 5. The topological polar surface area (TPSA) is 63.5 Å². The third-order valence-electron chi connectivity index (χ3n) is 5.28. The van der Waals surface area contributed by atoms with Gasteiger partial charge in [-0.15, -0.1) is 0 Å². The molecule has 3 aliphatic rings. The molecule has 0 aromatic carbocycles. The van der Waals surface area contributed by atoms with E-state index in [1.54, 1.807) is 6.20 Å². The van der Waals surface area contributed by atoms with E-state index in [4.69, 9.17) is 5.26 Å². The Hall–Kier alpha value is -2.13. The molecular formula is C17H21N5O. The van der Waals surface area contributed by atoms with Crippen molar-refractivity contribution in [1.29, 1.82) is 5.26 Å². The molecule has 6 nitrogen and oxygen atoms in total. The third kappa shape index (κ3) is 2.66. The van der Waals surface area contributed by atoms with Crippen molar-refractivity contribution < 1.29 is 4.79 Å². The minimum Gasteiger partial charge on any atom is -0.347 e. The zero-order valence-corrected chi connectivity index (χ0v) is 13.2. The Morgan fingerprint density at radius 3 is 2.52 bits per heavy atom. The summed E-state index contributed by atoms with van der Waals surface area (Å²) in [4.78, 5) is 23.5. The molecule has 0 spiro atoms. The minimum atomic E-state index is 0.272. The Labute approximate surface area is 136 Å². The van der Waals surface area contributed by atoms with Crippen molar-refractivity contribution in [3.8, 4) is 6.07 Å². The van der Waals surface area contributed by atoms with Gasteiger partial charge in [0.05, 0.1) is 12.1 Å². The molecule has 2 unspecified atom stereocenters. The monoisotopic (exact) mass is 311 g/mol. The lowest BCUT2D eigenvalue weighted by atomic mass is 10.1. The average molecular weight is 311 g/mol. The van der Waals surface area contributed by atoms with Gasteiger partial charge in [0.25, 0.3) is 0 Å². The lowest BCUT2D eigenvalue weighted by Gasteiger charge is -2.42. The molecule has 23 heavy (non-hydrogen) atoms. The number of anilines is 1. The summed E-state index contributed by atoms with van der Waals surface area (Å²) in [5.41, 5.74) is 0.587. The largest absolute Gasteiger partial charge is 0.347 e. The van der Waals surface area contributed by atoms with Crippen LogP contribution in [-0.2, 0) is 4.79 Å². The van der Waals surface area contributed by atoms with Gasteiger partial charge in [-0.2, -0.15) is 5.26 Å². The van der Waals surface area contributed by atoms with E-state index in [1.165, 1.54) is 6.42 Å². The van der Waals surface area contributed by atoms with E-state index in [2.05, 4.69) is 20.9 Å². The average Bonchev–Trinajstić information content (AvgIpc) is 2.80. The van der Waals surface area contributed by atoms with Gasteiger partial charge < -0.3 is 9.80 Å². The zero-order valence-electron chi connectivity index (χ0n) is 13.2. The Morgan fingerprint density at radius 1 is 1.26 bits per heavy atom. The fourth-order valence-electron chi connectivity index (χ4n) is 3.92. The standard InChI is InChI=1S/C17H21N5O/c18-8-13-2-5-16(19-9-13)22-14-3-4-15(22)11-21(10-14)17(23)12-20-6-1-7-20/h2,5,9,14-15H,1,3-4,6-7,10-12H2.